The molecule has 8 aromatic rings. The molecule has 2 aliphatic heterocycles. The first-order valence-corrected chi connectivity index (χ1v) is 18.2. The number of nitro benzene ring substituents is 1. The zero-order valence-electron chi connectivity index (χ0n) is 30.6. The molecular weight excluding hydrogens is 699 g/mol. The summed E-state index contributed by atoms with van der Waals surface area (Å²) in [4.78, 5) is 10.6. The molecule has 0 spiro atoms. The second-order valence-corrected chi connectivity index (χ2v) is 13.5. The standard InChI is InChI=1S/C23H17N4O2.C23H17N3O/c1-16-22-23(26(24-16)18-7-3-2-4-8-18)20(21-9-5-6-14-25(21)22)15-17-10-12-19(13-11-17)27(28)29;1-16-22-23(26(24-16)18-7-3-2-4-8-18)20(21-9-5-6-14-25(21)22)15-17-10-12-19(27)13-11-17/h2-15H,1H3;2-15H,1H3/q+1;/p+1. The lowest BCUT2D eigenvalue weighted by Gasteiger charge is -2.05. The minimum Gasteiger partial charge on any atom is -0.508 e. The molecule has 0 radical (unpaired) electrons. The molecule has 4 aromatic carbocycles. The Bertz CT molecular complexity index is 2840. The summed E-state index contributed by atoms with van der Waals surface area (Å²) in [6, 6.07) is 46.4. The van der Waals surface area contributed by atoms with Gasteiger partial charge in [-0.05, 0) is 97.8 Å². The van der Waals surface area contributed by atoms with Crippen molar-refractivity contribution in [1.29, 1.82) is 0 Å². The number of aromatic hydroxyl groups is 1. The second kappa shape index (κ2) is 13.9. The molecule has 10 rings (SSSR count). The van der Waals surface area contributed by atoms with E-state index in [4.69, 9.17) is 10.2 Å². The highest BCUT2D eigenvalue weighted by molar-refractivity contribution is 5.94. The molecule has 0 aliphatic carbocycles. The Morgan fingerprint density at radius 1 is 0.571 bits per heavy atom. The smallest absolute Gasteiger partial charge is 0.269 e. The molecule has 6 heterocycles. The van der Waals surface area contributed by atoms with E-state index < -0.39 is 0 Å². The Balaban J connectivity index is 0.000000147. The van der Waals surface area contributed by atoms with Crippen molar-refractivity contribution >= 4 is 29.0 Å². The fourth-order valence-corrected chi connectivity index (χ4v) is 7.45. The third-order valence-electron chi connectivity index (χ3n) is 9.94. The van der Waals surface area contributed by atoms with Crippen LogP contribution in [0.5, 0.6) is 5.75 Å². The molecule has 0 saturated carbocycles. The molecule has 10 nitrogen and oxygen atoms in total. The lowest BCUT2D eigenvalue weighted by molar-refractivity contribution is -0.594. The van der Waals surface area contributed by atoms with E-state index in [-0.39, 0.29) is 16.4 Å². The lowest BCUT2D eigenvalue weighted by atomic mass is 10.1. The number of pyridine rings is 2. The maximum Gasteiger partial charge on any atom is 0.269 e. The number of nitrogens with zero attached hydrogens (tertiary/aromatic N) is 7. The maximum atomic E-state index is 11.0. The predicted octanol–water partition coefficient (Wildman–Crippen LogP) is 8.33. The minimum atomic E-state index is -0.385. The van der Waals surface area contributed by atoms with E-state index in [9.17, 15) is 15.2 Å². The van der Waals surface area contributed by atoms with Gasteiger partial charge >= 0.3 is 0 Å². The van der Waals surface area contributed by atoms with E-state index in [0.717, 1.165) is 79.2 Å². The fourth-order valence-electron chi connectivity index (χ4n) is 7.45. The highest BCUT2D eigenvalue weighted by Crippen LogP contribution is 2.38. The molecule has 0 bridgehead atoms. The molecule has 2 aliphatic rings. The van der Waals surface area contributed by atoms with Gasteiger partial charge in [-0.25, -0.2) is 9.36 Å². The number of phenolic OH excluding ortho intramolecular Hbond substituents is 1. The number of benzene rings is 4. The summed E-state index contributed by atoms with van der Waals surface area (Å²) >= 11 is 0. The molecule has 1 N–H and O–H groups in total. The summed E-state index contributed by atoms with van der Waals surface area (Å²) < 4.78 is 8.33. The van der Waals surface area contributed by atoms with E-state index in [2.05, 4.69) is 57.8 Å². The number of nitro groups is 1. The molecule has 56 heavy (non-hydrogen) atoms. The maximum absolute atomic E-state index is 11.0. The molecule has 10 heteroatoms. The first kappa shape index (κ1) is 34.1. The molecule has 0 atom stereocenters. The Labute approximate surface area is 322 Å². The monoisotopic (exact) mass is 733 g/mol. The summed E-state index contributed by atoms with van der Waals surface area (Å²) in [6.45, 7) is 4.06. The summed E-state index contributed by atoms with van der Waals surface area (Å²) in [6.07, 6.45) is 8.32. The minimum absolute atomic E-state index is 0.0826. The van der Waals surface area contributed by atoms with E-state index in [1.807, 2.05) is 108 Å². The lowest BCUT2D eigenvalue weighted by Crippen LogP contribution is -2.31. The van der Waals surface area contributed by atoms with Crippen molar-refractivity contribution in [3.05, 3.63) is 213 Å². The van der Waals surface area contributed by atoms with Gasteiger partial charge in [0.2, 0.25) is 11.4 Å². The largest absolute Gasteiger partial charge is 0.508 e. The summed E-state index contributed by atoms with van der Waals surface area (Å²) in [5, 5.41) is 30.2. The van der Waals surface area contributed by atoms with Crippen molar-refractivity contribution in [2.45, 2.75) is 13.8 Å². The van der Waals surface area contributed by atoms with Gasteiger partial charge in [-0.15, -0.1) is 0 Å². The summed E-state index contributed by atoms with van der Waals surface area (Å²) in [7, 11) is 0. The van der Waals surface area contributed by atoms with Crippen LogP contribution in [-0.4, -0.2) is 29.6 Å². The van der Waals surface area contributed by atoms with Gasteiger partial charge in [0.1, 0.15) is 17.1 Å². The Kier molecular flexibility index (Phi) is 8.47. The van der Waals surface area contributed by atoms with Crippen LogP contribution in [0.3, 0.4) is 0 Å². The van der Waals surface area contributed by atoms with Crippen LogP contribution in [0.1, 0.15) is 45.3 Å². The number of aryl methyl sites for hydroxylation is 2. The number of hydrogen-bond acceptors (Lipinski definition) is 5. The third-order valence-corrected chi connectivity index (χ3v) is 9.94. The predicted molar refractivity (Wildman–Crippen MR) is 215 cm³/mol. The zero-order valence-corrected chi connectivity index (χ0v) is 30.6. The fraction of sp³-hybridized carbons (Fsp3) is 0.0435. The number of phenols is 1. The summed E-state index contributed by atoms with van der Waals surface area (Å²) in [5.74, 6) is 0.268. The van der Waals surface area contributed by atoms with E-state index in [1.54, 1.807) is 24.3 Å². The van der Waals surface area contributed by atoms with Gasteiger partial charge in [0.15, 0.2) is 23.8 Å². The van der Waals surface area contributed by atoms with Crippen molar-refractivity contribution in [2.24, 2.45) is 0 Å². The molecule has 0 saturated heterocycles. The number of rotatable bonds is 5. The van der Waals surface area contributed by atoms with Gasteiger partial charge in [-0.1, -0.05) is 48.5 Å². The zero-order chi connectivity index (χ0) is 38.3. The highest BCUT2D eigenvalue weighted by Gasteiger charge is 2.40. The van der Waals surface area contributed by atoms with E-state index in [0.29, 0.717) is 0 Å². The van der Waals surface area contributed by atoms with Crippen molar-refractivity contribution < 1.29 is 19.2 Å². The molecule has 0 unspecified atom stereocenters. The van der Waals surface area contributed by atoms with Gasteiger partial charge in [0.05, 0.1) is 27.4 Å². The number of aromatic nitrogens is 6. The highest BCUT2D eigenvalue weighted by atomic mass is 16.6. The molecular formula is C46H35N7O3+2. The molecule has 0 amide bonds. The van der Waals surface area contributed by atoms with E-state index >= 15 is 0 Å². The molecule has 0 fully saturated rings. The van der Waals surface area contributed by atoms with Gasteiger partial charge < -0.3 is 5.11 Å². The second-order valence-electron chi connectivity index (χ2n) is 13.5. The first-order chi connectivity index (χ1) is 27.4. The Morgan fingerprint density at radius 3 is 1.41 bits per heavy atom. The van der Waals surface area contributed by atoms with Crippen LogP contribution in [0.2, 0.25) is 0 Å². The van der Waals surface area contributed by atoms with Gasteiger partial charge in [0.25, 0.3) is 17.1 Å². The quantitative estimate of drug-likeness (QED) is 0.109. The van der Waals surface area contributed by atoms with Crippen LogP contribution < -0.4 is 9.13 Å². The van der Waals surface area contributed by atoms with Gasteiger partial charge in [-0.3, -0.25) is 10.1 Å². The Morgan fingerprint density at radius 2 is 0.982 bits per heavy atom. The number of non-ortho nitro benzene ring substituents is 1. The summed E-state index contributed by atoms with van der Waals surface area (Å²) in [5.41, 5.74) is 14.5. The van der Waals surface area contributed by atoms with E-state index in [1.165, 1.54) is 12.1 Å². The Hall–Kier alpha value is -7.72. The van der Waals surface area contributed by atoms with Crippen molar-refractivity contribution in [2.75, 3.05) is 0 Å². The number of fused-ring (bicyclic) bond motifs is 6. The van der Waals surface area contributed by atoms with Crippen LogP contribution in [-0.2, 0) is 0 Å². The van der Waals surface area contributed by atoms with Crippen molar-refractivity contribution in [3.63, 3.8) is 0 Å². The molecule has 4 aromatic heterocycles. The number of para-hydroxylation sites is 2. The first-order valence-electron chi connectivity index (χ1n) is 18.2. The average Bonchev–Trinajstić information content (AvgIpc) is 3.96. The average molecular weight is 734 g/mol. The van der Waals surface area contributed by atoms with Crippen molar-refractivity contribution in [1.82, 2.24) is 19.6 Å². The topological polar surface area (TPSA) is 107 Å². The van der Waals surface area contributed by atoms with Gasteiger partial charge in [0, 0.05) is 36.4 Å². The number of hydrogen-bond donors (Lipinski definition) is 1. The van der Waals surface area contributed by atoms with Crippen LogP contribution in [0.25, 0.3) is 46.0 Å². The SMILES string of the molecule is Cc1nn(-c2ccccc2)c2c1-[n+]1ccccc1C2=Cc1ccc(O)cc1.Cc1nn(-c2ccccc2)c2c1-[n+]1ccccc1C2=Cc1ccc([N+](=O)[O-])cc1. The van der Waals surface area contributed by atoms with Crippen LogP contribution in [0.15, 0.2) is 158 Å². The normalized spacial score (nSPS) is 13.5. The van der Waals surface area contributed by atoms with Gasteiger partial charge in [-0.2, -0.15) is 19.3 Å². The van der Waals surface area contributed by atoms with Crippen LogP contribution in [0, 0.1) is 24.0 Å². The van der Waals surface area contributed by atoms with Crippen LogP contribution >= 0.6 is 0 Å². The third kappa shape index (κ3) is 5.95. The van der Waals surface area contributed by atoms with Crippen LogP contribution in [0.4, 0.5) is 5.69 Å². The molecule has 270 valence electrons. The van der Waals surface area contributed by atoms with Crippen molar-refractivity contribution in [3.8, 4) is 28.5 Å².